The number of aryl methyl sites for hydroxylation is 1. The topological polar surface area (TPSA) is 35.6 Å². The number of nitrogens with one attached hydrogen (secondary N) is 1. The van der Waals surface area contributed by atoms with Crippen LogP contribution in [0.15, 0.2) is 53.4 Å². The lowest BCUT2D eigenvalue weighted by Gasteiger charge is -2.36. The van der Waals surface area contributed by atoms with Crippen LogP contribution in [0.4, 0.5) is 11.4 Å². The van der Waals surface area contributed by atoms with Gasteiger partial charge in [0, 0.05) is 31.1 Å². The minimum Gasteiger partial charge on any atom is -0.367 e. The molecule has 0 radical (unpaired) electrons. The highest BCUT2D eigenvalue weighted by Gasteiger charge is 2.20. The van der Waals surface area contributed by atoms with Gasteiger partial charge in [-0.15, -0.1) is 11.8 Å². The van der Waals surface area contributed by atoms with E-state index in [9.17, 15) is 4.79 Å². The average Bonchev–Trinajstić information content (AvgIpc) is 2.70. The number of benzene rings is 2. The maximum Gasteiger partial charge on any atom is 0.237 e. The molecule has 1 heterocycles. The van der Waals surface area contributed by atoms with Gasteiger partial charge in [-0.25, -0.2) is 0 Å². The second kappa shape index (κ2) is 9.29. The smallest absolute Gasteiger partial charge is 0.237 e. The molecule has 0 aromatic heterocycles. The number of carbonyl (C=O) groups is 1. The van der Waals surface area contributed by atoms with Crippen LogP contribution in [0.2, 0.25) is 0 Å². The fourth-order valence-electron chi connectivity index (χ4n) is 3.27. The molecule has 1 saturated heterocycles. The predicted octanol–water partition coefficient (Wildman–Crippen LogP) is 4.26. The molecular formula is C22H29N3OS. The number of hydrogen-bond donors (Lipinski definition) is 1. The molecule has 2 aromatic carbocycles. The lowest BCUT2D eigenvalue weighted by Crippen LogP contribution is -2.46. The minimum atomic E-state index is -0.155. The molecule has 0 bridgehead atoms. The molecule has 1 amide bonds. The summed E-state index contributed by atoms with van der Waals surface area (Å²) in [6.45, 7) is 11.5. The Hall–Kier alpha value is -1.98. The summed E-state index contributed by atoms with van der Waals surface area (Å²) in [5, 5.41) is 2.99. The van der Waals surface area contributed by atoms with Crippen molar-refractivity contribution >= 4 is 29.0 Å². The van der Waals surface area contributed by atoms with E-state index in [0.717, 1.165) is 49.0 Å². The van der Waals surface area contributed by atoms with Crippen molar-refractivity contribution in [3.8, 4) is 0 Å². The maximum absolute atomic E-state index is 12.8. The third-order valence-corrected chi connectivity index (χ3v) is 6.14. The van der Waals surface area contributed by atoms with Crippen molar-refractivity contribution in [3.05, 3.63) is 54.1 Å². The van der Waals surface area contributed by atoms with Crippen LogP contribution in [0.1, 0.15) is 19.4 Å². The zero-order valence-electron chi connectivity index (χ0n) is 16.4. The van der Waals surface area contributed by atoms with Gasteiger partial charge in [0.2, 0.25) is 5.91 Å². The number of rotatable bonds is 6. The highest BCUT2D eigenvalue weighted by molar-refractivity contribution is 8.00. The van der Waals surface area contributed by atoms with Crippen molar-refractivity contribution in [3.63, 3.8) is 0 Å². The van der Waals surface area contributed by atoms with E-state index >= 15 is 0 Å². The molecule has 3 rings (SSSR count). The van der Waals surface area contributed by atoms with E-state index in [2.05, 4.69) is 59.3 Å². The van der Waals surface area contributed by atoms with E-state index in [1.807, 2.05) is 25.1 Å². The van der Waals surface area contributed by atoms with Gasteiger partial charge in [-0.2, -0.15) is 0 Å². The summed E-state index contributed by atoms with van der Waals surface area (Å²) < 4.78 is 0. The first-order valence-electron chi connectivity index (χ1n) is 9.67. The van der Waals surface area contributed by atoms with Crippen LogP contribution in [0, 0.1) is 6.92 Å². The maximum atomic E-state index is 12.8. The summed E-state index contributed by atoms with van der Waals surface area (Å²) in [6, 6.07) is 16.4. The van der Waals surface area contributed by atoms with Crippen molar-refractivity contribution in [2.75, 3.05) is 42.9 Å². The Labute approximate surface area is 166 Å². The third kappa shape index (κ3) is 5.27. The Morgan fingerprint density at radius 3 is 2.41 bits per heavy atom. The molecule has 2 aromatic rings. The molecule has 0 saturated carbocycles. The van der Waals surface area contributed by atoms with Gasteiger partial charge in [0.15, 0.2) is 0 Å². The number of thioether (sulfide) groups is 1. The summed E-state index contributed by atoms with van der Waals surface area (Å²) in [6.07, 6.45) is 0. The monoisotopic (exact) mass is 383 g/mol. The molecule has 4 nitrogen and oxygen atoms in total. The number of amides is 1. The van der Waals surface area contributed by atoms with Gasteiger partial charge < -0.3 is 15.1 Å². The van der Waals surface area contributed by atoms with Crippen LogP contribution in [0.3, 0.4) is 0 Å². The molecular weight excluding hydrogens is 354 g/mol. The van der Waals surface area contributed by atoms with E-state index in [-0.39, 0.29) is 11.2 Å². The first-order valence-corrected chi connectivity index (χ1v) is 10.6. The standard InChI is InChI=1S/C22H29N3OS/c1-4-24-13-15-25(16-14-24)21-8-6-5-7-20(21)23-22(26)18(3)27-19-11-9-17(2)10-12-19/h5-12,18H,4,13-16H2,1-3H3,(H,23,26). The van der Waals surface area contributed by atoms with Crippen molar-refractivity contribution in [1.82, 2.24) is 4.90 Å². The van der Waals surface area contributed by atoms with Gasteiger partial charge >= 0.3 is 0 Å². The molecule has 0 aliphatic carbocycles. The van der Waals surface area contributed by atoms with Gasteiger partial charge in [0.25, 0.3) is 0 Å². The second-order valence-corrected chi connectivity index (χ2v) is 8.42. The second-order valence-electron chi connectivity index (χ2n) is 7.00. The van der Waals surface area contributed by atoms with E-state index in [1.54, 1.807) is 11.8 Å². The molecule has 144 valence electrons. The third-order valence-electron chi connectivity index (χ3n) is 5.03. The summed E-state index contributed by atoms with van der Waals surface area (Å²) in [7, 11) is 0. The van der Waals surface area contributed by atoms with Crippen LogP contribution in [-0.2, 0) is 4.79 Å². The van der Waals surface area contributed by atoms with E-state index in [4.69, 9.17) is 0 Å². The Morgan fingerprint density at radius 1 is 1.07 bits per heavy atom. The zero-order chi connectivity index (χ0) is 19.2. The largest absolute Gasteiger partial charge is 0.367 e. The quantitative estimate of drug-likeness (QED) is 0.756. The van der Waals surface area contributed by atoms with Crippen molar-refractivity contribution < 1.29 is 4.79 Å². The number of carbonyl (C=O) groups excluding carboxylic acids is 1. The lowest BCUT2D eigenvalue weighted by molar-refractivity contribution is -0.115. The Morgan fingerprint density at radius 2 is 1.74 bits per heavy atom. The van der Waals surface area contributed by atoms with Gasteiger partial charge in [0.1, 0.15) is 0 Å². The molecule has 1 fully saturated rings. The van der Waals surface area contributed by atoms with E-state index < -0.39 is 0 Å². The van der Waals surface area contributed by atoms with Crippen LogP contribution in [0.5, 0.6) is 0 Å². The number of likely N-dealkylation sites (N-methyl/N-ethyl adjacent to an activating group) is 1. The molecule has 1 atom stereocenters. The van der Waals surface area contributed by atoms with Crippen LogP contribution < -0.4 is 10.2 Å². The van der Waals surface area contributed by atoms with Crippen LogP contribution in [-0.4, -0.2) is 48.8 Å². The number of hydrogen-bond acceptors (Lipinski definition) is 4. The highest BCUT2D eigenvalue weighted by Crippen LogP contribution is 2.29. The first-order chi connectivity index (χ1) is 13.1. The molecule has 0 spiro atoms. The molecule has 1 aliphatic rings. The summed E-state index contributed by atoms with van der Waals surface area (Å²) >= 11 is 1.59. The number of nitrogens with zero attached hydrogens (tertiary/aromatic N) is 2. The Bertz CT molecular complexity index is 754. The summed E-state index contributed by atoms with van der Waals surface area (Å²) in [5.74, 6) is 0.0419. The van der Waals surface area contributed by atoms with Crippen LogP contribution >= 0.6 is 11.8 Å². The van der Waals surface area contributed by atoms with Crippen molar-refractivity contribution in [1.29, 1.82) is 0 Å². The SMILES string of the molecule is CCN1CCN(c2ccccc2NC(=O)C(C)Sc2ccc(C)cc2)CC1. The lowest BCUT2D eigenvalue weighted by atomic mass is 10.2. The predicted molar refractivity (Wildman–Crippen MR) is 116 cm³/mol. The molecule has 27 heavy (non-hydrogen) atoms. The number of anilines is 2. The summed E-state index contributed by atoms with van der Waals surface area (Å²) in [5.41, 5.74) is 3.26. The zero-order valence-corrected chi connectivity index (χ0v) is 17.3. The van der Waals surface area contributed by atoms with E-state index in [0.29, 0.717) is 0 Å². The fourth-order valence-corrected chi connectivity index (χ4v) is 4.14. The molecule has 1 aliphatic heterocycles. The fraction of sp³-hybridized carbons (Fsp3) is 0.409. The Kier molecular flexibility index (Phi) is 6.80. The summed E-state index contributed by atoms with van der Waals surface area (Å²) in [4.78, 5) is 18.7. The van der Waals surface area contributed by atoms with Gasteiger partial charge in [-0.05, 0) is 44.7 Å². The number of para-hydroxylation sites is 2. The Balaban J connectivity index is 1.64. The van der Waals surface area contributed by atoms with E-state index in [1.165, 1.54) is 5.56 Å². The first kappa shape index (κ1) is 19.8. The highest BCUT2D eigenvalue weighted by atomic mass is 32.2. The van der Waals surface area contributed by atoms with Gasteiger partial charge in [-0.3, -0.25) is 4.79 Å². The molecule has 1 unspecified atom stereocenters. The number of piperazine rings is 1. The average molecular weight is 384 g/mol. The molecule has 1 N–H and O–H groups in total. The van der Waals surface area contributed by atoms with Crippen LogP contribution in [0.25, 0.3) is 0 Å². The van der Waals surface area contributed by atoms with Gasteiger partial charge in [0.05, 0.1) is 16.6 Å². The normalized spacial score (nSPS) is 16.2. The van der Waals surface area contributed by atoms with Gasteiger partial charge in [-0.1, -0.05) is 36.8 Å². The molecule has 5 heteroatoms. The minimum absolute atomic E-state index is 0.0419. The van der Waals surface area contributed by atoms with Crippen molar-refractivity contribution in [2.45, 2.75) is 30.9 Å². The van der Waals surface area contributed by atoms with Crippen molar-refractivity contribution in [2.24, 2.45) is 0 Å².